The Hall–Kier alpha value is -1.45. The van der Waals surface area contributed by atoms with Gasteiger partial charge in [-0.15, -0.1) is 11.8 Å². The second-order valence-corrected chi connectivity index (χ2v) is 6.82. The molecule has 0 fully saturated rings. The van der Waals surface area contributed by atoms with Crippen LogP contribution >= 0.6 is 11.8 Å². The molecule has 0 aliphatic carbocycles. The van der Waals surface area contributed by atoms with Gasteiger partial charge in [-0.1, -0.05) is 29.8 Å². The van der Waals surface area contributed by atoms with E-state index in [1.54, 1.807) is 0 Å². The van der Waals surface area contributed by atoms with Crippen LogP contribution in [0.4, 0.5) is 0 Å². The second kappa shape index (κ2) is 6.12. The van der Waals surface area contributed by atoms with Crippen LogP contribution in [-0.4, -0.2) is 11.9 Å². The van der Waals surface area contributed by atoms with Gasteiger partial charge in [-0.3, -0.25) is 0 Å². The molecule has 1 heterocycles. The number of nitrogens with two attached hydrogens (primary N) is 1. The lowest BCUT2D eigenvalue weighted by atomic mass is 10.1. The number of fused-ring (bicyclic) bond motifs is 1. The minimum Gasteiger partial charge on any atom is -0.489 e. The van der Waals surface area contributed by atoms with E-state index in [1.165, 1.54) is 21.6 Å². The number of benzene rings is 2. The summed E-state index contributed by atoms with van der Waals surface area (Å²) in [6.07, 6.45) is 1.28. The smallest absolute Gasteiger partial charge is 0.123 e. The van der Waals surface area contributed by atoms with E-state index in [2.05, 4.69) is 49.4 Å². The van der Waals surface area contributed by atoms with Gasteiger partial charge in [-0.2, -0.15) is 0 Å². The zero-order valence-corrected chi connectivity index (χ0v) is 13.3. The van der Waals surface area contributed by atoms with Crippen LogP contribution in [-0.2, 0) is 6.42 Å². The quantitative estimate of drug-likeness (QED) is 0.863. The standard InChI is InChI=1S/C18H21NOS/c1-12-6-7-18-15(8-12)9-16(20-18)11-21-17-5-3-4-14(10-17)13(2)19/h3-8,10,13,16H,9,11,19H2,1-2H3. The molecule has 0 saturated heterocycles. The fraction of sp³-hybridized carbons (Fsp3) is 0.333. The molecule has 2 nitrogen and oxygen atoms in total. The summed E-state index contributed by atoms with van der Waals surface area (Å²) >= 11 is 1.84. The van der Waals surface area contributed by atoms with Gasteiger partial charge in [-0.05, 0) is 43.2 Å². The number of ether oxygens (including phenoxy) is 1. The molecule has 0 bridgehead atoms. The topological polar surface area (TPSA) is 35.2 Å². The van der Waals surface area contributed by atoms with Crippen molar-refractivity contribution in [1.82, 2.24) is 0 Å². The molecular weight excluding hydrogens is 278 g/mol. The molecule has 0 saturated carbocycles. The Morgan fingerprint density at radius 3 is 2.95 bits per heavy atom. The molecule has 110 valence electrons. The molecule has 21 heavy (non-hydrogen) atoms. The van der Waals surface area contributed by atoms with Crippen LogP contribution < -0.4 is 10.5 Å². The predicted molar refractivity (Wildman–Crippen MR) is 89.1 cm³/mol. The maximum atomic E-state index is 6.02. The molecule has 0 radical (unpaired) electrons. The number of thioether (sulfide) groups is 1. The van der Waals surface area contributed by atoms with Crippen molar-refractivity contribution in [2.75, 3.05) is 5.75 Å². The number of hydrogen-bond donors (Lipinski definition) is 1. The Morgan fingerprint density at radius 2 is 2.14 bits per heavy atom. The molecule has 2 aromatic rings. The van der Waals surface area contributed by atoms with Crippen molar-refractivity contribution in [3.63, 3.8) is 0 Å². The van der Waals surface area contributed by atoms with Gasteiger partial charge in [0.05, 0.1) is 0 Å². The average Bonchev–Trinajstić information content (AvgIpc) is 2.87. The molecule has 1 aliphatic heterocycles. The molecule has 0 aromatic heterocycles. The summed E-state index contributed by atoms with van der Waals surface area (Å²) in [5.74, 6) is 2.02. The van der Waals surface area contributed by atoms with E-state index in [1.807, 2.05) is 18.7 Å². The summed E-state index contributed by atoms with van der Waals surface area (Å²) in [5, 5.41) is 0. The van der Waals surface area contributed by atoms with Crippen LogP contribution in [0.5, 0.6) is 5.75 Å². The third-order valence-electron chi connectivity index (χ3n) is 3.78. The van der Waals surface area contributed by atoms with Crippen molar-refractivity contribution in [1.29, 1.82) is 0 Å². The Balaban J connectivity index is 1.61. The van der Waals surface area contributed by atoms with E-state index >= 15 is 0 Å². The van der Waals surface area contributed by atoms with Gasteiger partial charge in [-0.25, -0.2) is 0 Å². The van der Waals surface area contributed by atoms with E-state index < -0.39 is 0 Å². The van der Waals surface area contributed by atoms with Crippen LogP contribution in [0, 0.1) is 6.92 Å². The van der Waals surface area contributed by atoms with E-state index in [-0.39, 0.29) is 12.1 Å². The van der Waals surface area contributed by atoms with Crippen LogP contribution in [0.3, 0.4) is 0 Å². The van der Waals surface area contributed by atoms with Gasteiger partial charge in [0, 0.05) is 23.1 Å². The molecule has 2 aromatic carbocycles. The fourth-order valence-electron chi connectivity index (χ4n) is 2.62. The highest BCUT2D eigenvalue weighted by molar-refractivity contribution is 7.99. The van der Waals surface area contributed by atoms with Gasteiger partial charge < -0.3 is 10.5 Å². The van der Waals surface area contributed by atoms with Crippen molar-refractivity contribution in [2.45, 2.75) is 37.3 Å². The van der Waals surface area contributed by atoms with E-state index in [0.29, 0.717) is 0 Å². The summed E-state index contributed by atoms with van der Waals surface area (Å²) in [5.41, 5.74) is 9.76. The molecule has 2 unspecified atom stereocenters. The third kappa shape index (κ3) is 3.42. The van der Waals surface area contributed by atoms with Crippen LogP contribution in [0.2, 0.25) is 0 Å². The molecule has 0 amide bonds. The first-order valence-electron chi connectivity index (χ1n) is 7.36. The van der Waals surface area contributed by atoms with Crippen molar-refractivity contribution in [3.8, 4) is 5.75 Å². The minimum atomic E-state index is 0.0838. The SMILES string of the molecule is Cc1ccc2c(c1)CC(CSc1cccc(C(C)N)c1)O2. The zero-order valence-electron chi connectivity index (χ0n) is 12.5. The fourth-order valence-corrected chi connectivity index (χ4v) is 3.58. The number of rotatable bonds is 4. The Morgan fingerprint density at radius 1 is 1.29 bits per heavy atom. The summed E-state index contributed by atoms with van der Waals surface area (Å²) in [4.78, 5) is 1.26. The summed E-state index contributed by atoms with van der Waals surface area (Å²) in [6, 6.07) is 15.0. The molecule has 2 atom stereocenters. The monoisotopic (exact) mass is 299 g/mol. The molecule has 3 heteroatoms. The predicted octanol–water partition coefficient (Wildman–Crippen LogP) is 4.11. The summed E-state index contributed by atoms with van der Waals surface area (Å²) < 4.78 is 6.02. The van der Waals surface area contributed by atoms with Gasteiger partial charge in [0.25, 0.3) is 0 Å². The van der Waals surface area contributed by atoms with Crippen molar-refractivity contribution in [3.05, 3.63) is 59.2 Å². The van der Waals surface area contributed by atoms with Crippen LogP contribution in [0.25, 0.3) is 0 Å². The normalized spacial score (nSPS) is 18.1. The Bertz CT molecular complexity index is 639. The highest BCUT2D eigenvalue weighted by Gasteiger charge is 2.22. The van der Waals surface area contributed by atoms with Crippen molar-refractivity contribution < 1.29 is 4.74 Å². The highest BCUT2D eigenvalue weighted by atomic mass is 32.2. The molecule has 3 rings (SSSR count). The lowest BCUT2D eigenvalue weighted by Crippen LogP contribution is -2.15. The summed E-state index contributed by atoms with van der Waals surface area (Å²) in [6.45, 7) is 4.14. The molecule has 1 aliphatic rings. The highest BCUT2D eigenvalue weighted by Crippen LogP contribution is 2.32. The first kappa shape index (κ1) is 14.5. The first-order chi connectivity index (χ1) is 10.1. The van der Waals surface area contributed by atoms with Gasteiger partial charge in [0.15, 0.2) is 0 Å². The van der Waals surface area contributed by atoms with Crippen molar-refractivity contribution in [2.24, 2.45) is 5.73 Å². The molecular formula is C18H21NOS. The zero-order chi connectivity index (χ0) is 14.8. The van der Waals surface area contributed by atoms with Crippen molar-refractivity contribution >= 4 is 11.8 Å². The molecule has 2 N–H and O–H groups in total. The minimum absolute atomic E-state index is 0.0838. The number of aryl methyl sites for hydroxylation is 1. The second-order valence-electron chi connectivity index (χ2n) is 5.73. The van der Waals surface area contributed by atoms with Gasteiger partial charge in [0.1, 0.15) is 11.9 Å². The van der Waals surface area contributed by atoms with Crippen LogP contribution in [0.15, 0.2) is 47.4 Å². The molecule has 0 spiro atoms. The Kier molecular flexibility index (Phi) is 4.22. The Labute approximate surface area is 130 Å². The van der Waals surface area contributed by atoms with E-state index in [4.69, 9.17) is 10.5 Å². The maximum absolute atomic E-state index is 6.02. The average molecular weight is 299 g/mol. The van der Waals surface area contributed by atoms with E-state index in [0.717, 1.165) is 17.9 Å². The first-order valence-corrected chi connectivity index (χ1v) is 8.35. The van der Waals surface area contributed by atoms with E-state index in [9.17, 15) is 0 Å². The van der Waals surface area contributed by atoms with Crippen LogP contribution in [0.1, 0.15) is 29.7 Å². The van der Waals surface area contributed by atoms with Gasteiger partial charge >= 0.3 is 0 Å². The third-order valence-corrected chi connectivity index (χ3v) is 4.90. The largest absolute Gasteiger partial charge is 0.489 e. The summed E-state index contributed by atoms with van der Waals surface area (Å²) in [7, 11) is 0. The maximum Gasteiger partial charge on any atom is 0.123 e. The lowest BCUT2D eigenvalue weighted by molar-refractivity contribution is 0.259. The lowest BCUT2D eigenvalue weighted by Gasteiger charge is -2.11. The van der Waals surface area contributed by atoms with Gasteiger partial charge in [0.2, 0.25) is 0 Å². The number of hydrogen-bond acceptors (Lipinski definition) is 3.